The summed E-state index contributed by atoms with van der Waals surface area (Å²) < 4.78 is 2.33. The minimum Gasteiger partial charge on any atom is -0.236 e. The monoisotopic (exact) mass is 185 g/mol. The molecule has 0 unspecified atom stereocenters. The van der Waals surface area contributed by atoms with Crippen molar-refractivity contribution in [3.63, 3.8) is 0 Å². The number of benzene rings is 1. The summed E-state index contributed by atoms with van der Waals surface area (Å²) in [7, 11) is 0. The molecule has 0 amide bonds. The first-order chi connectivity index (χ1) is 6.88. The average molecular weight is 185 g/mol. The first kappa shape index (κ1) is 8.96. The molecule has 0 aliphatic carbocycles. The molecule has 0 bridgehead atoms. The summed E-state index contributed by atoms with van der Waals surface area (Å²) >= 11 is 0. The van der Waals surface area contributed by atoms with Gasteiger partial charge in [0.1, 0.15) is 13.1 Å². The van der Waals surface area contributed by atoms with E-state index in [2.05, 4.69) is 16.9 Å². The lowest BCUT2D eigenvalue weighted by molar-refractivity contribution is -0.500. The third-order valence-electron chi connectivity index (χ3n) is 2.51. The van der Waals surface area contributed by atoms with Gasteiger partial charge in [-0.1, -0.05) is 0 Å². The molecule has 1 saturated heterocycles. The Kier molecular flexibility index (Phi) is 2.60. The number of hydrogen-bond acceptors (Lipinski definition) is 1. The van der Waals surface area contributed by atoms with Crippen LogP contribution < -0.4 is 0 Å². The van der Waals surface area contributed by atoms with Crippen LogP contribution in [0.5, 0.6) is 0 Å². The van der Waals surface area contributed by atoms with Crippen molar-refractivity contribution in [2.24, 2.45) is 0 Å². The molecule has 2 rings (SSSR count). The molecule has 1 heterocycles. The zero-order valence-corrected chi connectivity index (χ0v) is 8.11. The van der Waals surface area contributed by atoms with Gasteiger partial charge >= 0.3 is 0 Å². The van der Waals surface area contributed by atoms with Crippen LogP contribution in [0.15, 0.2) is 24.3 Å². The fourth-order valence-electron chi connectivity index (χ4n) is 1.73. The Morgan fingerprint density at radius 2 is 1.79 bits per heavy atom. The fourth-order valence-corrected chi connectivity index (χ4v) is 1.73. The lowest BCUT2D eigenvalue weighted by Gasteiger charge is -1.93. The maximum atomic E-state index is 8.64. The van der Waals surface area contributed by atoms with Gasteiger partial charge in [-0.3, -0.25) is 0 Å². The molecular formula is C12H13N2+. The molecule has 0 spiro atoms. The van der Waals surface area contributed by atoms with Gasteiger partial charge in [-0.25, -0.2) is 4.58 Å². The zero-order chi connectivity index (χ0) is 9.80. The molecule has 1 aliphatic heterocycles. The number of nitrogens with zero attached hydrogens (tertiary/aromatic N) is 2. The molecule has 0 saturated carbocycles. The van der Waals surface area contributed by atoms with Crippen LogP contribution in [0.2, 0.25) is 0 Å². The fraction of sp³-hybridized carbons (Fsp3) is 0.333. The summed E-state index contributed by atoms with van der Waals surface area (Å²) in [4.78, 5) is 0. The molecule has 1 aromatic rings. The van der Waals surface area contributed by atoms with Crippen LogP contribution in [0.25, 0.3) is 0 Å². The summed E-state index contributed by atoms with van der Waals surface area (Å²) in [6.45, 7) is 2.33. The Balaban J connectivity index is 2.17. The second kappa shape index (κ2) is 4.06. The quantitative estimate of drug-likeness (QED) is 0.613. The Labute approximate surface area is 84.1 Å². The van der Waals surface area contributed by atoms with Crippen LogP contribution >= 0.6 is 0 Å². The third-order valence-corrected chi connectivity index (χ3v) is 2.51. The molecule has 2 heteroatoms. The van der Waals surface area contributed by atoms with Crippen molar-refractivity contribution in [3.05, 3.63) is 35.4 Å². The smallest absolute Gasteiger partial charge is 0.170 e. The van der Waals surface area contributed by atoms with E-state index in [0.29, 0.717) is 0 Å². The molecule has 0 atom stereocenters. The maximum absolute atomic E-state index is 8.64. The van der Waals surface area contributed by atoms with E-state index in [1.54, 1.807) is 0 Å². The van der Waals surface area contributed by atoms with Gasteiger partial charge in [0, 0.05) is 18.4 Å². The molecule has 0 N–H and O–H groups in total. The van der Waals surface area contributed by atoms with Crippen LogP contribution in [0.4, 0.5) is 0 Å². The highest BCUT2D eigenvalue weighted by Crippen LogP contribution is 2.04. The lowest BCUT2D eigenvalue weighted by Crippen LogP contribution is -2.07. The lowest BCUT2D eigenvalue weighted by atomic mass is 10.2. The van der Waals surface area contributed by atoms with Gasteiger partial charge in [0.25, 0.3) is 0 Å². The summed E-state index contributed by atoms with van der Waals surface area (Å²) in [6.07, 6.45) is 4.77. The van der Waals surface area contributed by atoms with Crippen LogP contribution in [0.1, 0.15) is 24.0 Å². The first-order valence-corrected chi connectivity index (χ1v) is 4.97. The van der Waals surface area contributed by atoms with Crippen molar-refractivity contribution in [3.8, 4) is 6.07 Å². The average Bonchev–Trinajstić information content (AvgIpc) is 2.72. The number of rotatable bonds is 1. The van der Waals surface area contributed by atoms with E-state index in [9.17, 15) is 0 Å². The van der Waals surface area contributed by atoms with Crippen LogP contribution in [0.3, 0.4) is 0 Å². The van der Waals surface area contributed by atoms with E-state index >= 15 is 0 Å². The van der Waals surface area contributed by atoms with Crippen molar-refractivity contribution in [2.75, 3.05) is 13.1 Å². The molecule has 2 nitrogen and oxygen atoms in total. The van der Waals surface area contributed by atoms with Gasteiger partial charge in [0.2, 0.25) is 0 Å². The van der Waals surface area contributed by atoms with E-state index in [4.69, 9.17) is 5.26 Å². The number of nitriles is 1. The highest BCUT2D eigenvalue weighted by molar-refractivity contribution is 5.75. The Hall–Kier alpha value is -1.62. The minimum absolute atomic E-state index is 0.726. The highest BCUT2D eigenvalue weighted by Gasteiger charge is 2.11. The third kappa shape index (κ3) is 2.00. The van der Waals surface area contributed by atoms with Crippen molar-refractivity contribution in [1.29, 1.82) is 5.26 Å². The van der Waals surface area contributed by atoms with Gasteiger partial charge in [-0.05, 0) is 24.3 Å². The Morgan fingerprint density at radius 1 is 1.14 bits per heavy atom. The Bertz CT molecular complexity index is 374. The van der Waals surface area contributed by atoms with E-state index in [1.165, 1.54) is 31.5 Å². The molecule has 1 aromatic carbocycles. The molecule has 1 aliphatic rings. The van der Waals surface area contributed by atoms with Gasteiger partial charge in [-0.2, -0.15) is 5.26 Å². The van der Waals surface area contributed by atoms with Gasteiger partial charge in [-0.15, -0.1) is 0 Å². The van der Waals surface area contributed by atoms with Crippen molar-refractivity contribution in [2.45, 2.75) is 12.8 Å². The normalized spacial score (nSPS) is 15.2. The maximum Gasteiger partial charge on any atom is 0.170 e. The molecule has 0 radical (unpaired) electrons. The predicted molar refractivity (Wildman–Crippen MR) is 55.6 cm³/mol. The van der Waals surface area contributed by atoms with Crippen molar-refractivity contribution >= 4 is 6.21 Å². The van der Waals surface area contributed by atoms with E-state index < -0.39 is 0 Å². The van der Waals surface area contributed by atoms with E-state index in [-0.39, 0.29) is 0 Å². The van der Waals surface area contributed by atoms with Crippen LogP contribution in [-0.2, 0) is 0 Å². The molecule has 1 fully saturated rings. The second-order valence-electron chi connectivity index (χ2n) is 3.61. The summed E-state index contributed by atoms with van der Waals surface area (Å²) in [5.74, 6) is 0. The molecule has 70 valence electrons. The second-order valence-corrected chi connectivity index (χ2v) is 3.61. The SMILES string of the molecule is N#Cc1ccc(C=[N+]2CCCC2)cc1. The zero-order valence-electron chi connectivity index (χ0n) is 8.11. The summed E-state index contributed by atoms with van der Waals surface area (Å²) in [5.41, 5.74) is 1.91. The van der Waals surface area contributed by atoms with Gasteiger partial charge in [0.15, 0.2) is 6.21 Å². The standard InChI is InChI=1S/C12H13N2/c13-9-11-3-5-12(6-4-11)10-14-7-1-2-8-14/h3-6,10H,1-2,7-8H2/q+1. The minimum atomic E-state index is 0.726. The number of hydrogen-bond donors (Lipinski definition) is 0. The topological polar surface area (TPSA) is 26.8 Å². The molecule has 14 heavy (non-hydrogen) atoms. The van der Waals surface area contributed by atoms with Crippen molar-refractivity contribution < 1.29 is 4.58 Å². The molecular weight excluding hydrogens is 172 g/mol. The van der Waals surface area contributed by atoms with Crippen LogP contribution in [0, 0.1) is 11.3 Å². The summed E-state index contributed by atoms with van der Waals surface area (Å²) in [5, 5.41) is 8.64. The summed E-state index contributed by atoms with van der Waals surface area (Å²) in [6, 6.07) is 9.84. The highest BCUT2D eigenvalue weighted by atomic mass is 15.0. The Morgan fingerprint density at radius 3 is 2.36 bits per heavy atom. The van der Waals surface area contributed by atoms with Crippen LogP contribution in [-0.4, -0.2) is 23.9 Å². The first-order valence-electron chi connectivity index (χ1n) is 4.97. The molecule has 0 aromatic heterocycles. The predicted octanol–water partition coefficient (Wildman–Crippen LogP) is 1.78. The largest absolute Gasteiger partial charge is 0.236 e. The van der Waals surface area contributed by atoms with E-state index in [1.807, 2.05) is 24.3 Å². The van der Waals surface area contributed by atoms with Gasteiger partial charge < -0.3 is 0 Å². The van der Waals surface area contributed by atoms with Crippen molar-refractivity contribution in [1.82, 2.24) is 0 Å². The van der Waals surface area contributed by atoms with E-state index in [0.717, 1.165) is 5.56 Å². The van der Waals surface area contributed by atoms with Gasteiger partial charge in [0.05, 0.1) is 11.6 Å².